The third kappa shape index (κ3) is 2.55. The Balaban J connectivity index is 2.33. The first-order chi connectivity index (χ1) is 7.58. The summed E-state index contributed by atoms with van der Waals surface area (Å²) in [5, 5.41) is 3.92. The van der Waals surface area contributed by atoms with Crippen molar-refractivity contribution >= 4 is 38.6 Å². The topological polar surface area (TPSA) is 46.2 Å². The van der Waals surface area contributed by atoms with Crippen LogP contribution in [0.3, 0.4) is 0 Å². The van der Waals surface area contributed by atoms with Gasteiger partial charge < -0.3 is 0 Å². The van der Waals surface area contributed by atoms with Gasteiger partial charge in [-0.05, 0) is 29.6 Å². The Hall–Kier alpha value is -1.04. The summed E-state index contributed by atoms with van der Waals surface area (Å²) in [6.07, 6.45) is 0. The molecule has 0 unspecified atom stereocenters. The van der Waals surface area contributed by atoms with Gasteiger partial charge >= 0.3 is 0 Å². The van der Waals surface area contributed by atoms with Crippen molar-refractivity contribution in [3.8, 4) is 0 Å². The molecule has 6 heteroatoms. The lowest BCUT2D eigenvalue weighted by atomic mass is 10.4. The summed E-state index contributed by atoms with van der Waals surface area (Å²) in [7, 11) is -3.53. The van der Waals surface area contributed by atoms with E-state index in [4.69, 9.17) is 11.6 Å². The molecule has 1 aromatic heterocycles. The quantitative estimate of drug-likeness (QED) is 0.933. The molecule has 0 aliphatic carbocycles. The van der Waals surface area contributed by atoms with Crippen LogP contribution in [-0.2, 0) is 10.0 Å². The van der Waals surface area contributed by atoms with E-state index in [1.807, 2.05) is 0 Å². The minimum atomic E-state index is -3.53. The van der Waals surface area contributed by atoms with Crippen molar-refractivity contribution in [2.45, 2.75) is 4.90 Å². The lowest BCUT2D eigenvalue weighted by molar-refractivity contribution is 0.601. The average Bonchev–Trinajstić information content (AvgIpc) is 2.70. The van der Waals surface area contributed by atoms with Crippen molar-refractivity contribution in [1.29, 1.82) is 0 Å². The number of halogens is 1. The normalized spacial score (nSPS) is 11.3. The van der Waals surface area contributed by atoms with E-state index in [-0.39, 0.29) is 4.90 Å². The van der Waals surface area contributed by atoms with Gasteiger partial charge in [-0.3, -0.25) is 4.72 Å². The Bertz CT molecular complexity index is 579. The van der Waals surface area contributed by atoms with Gasteiger partial charge in [0.05, 0.1) is 10.6 Å². The Morgan fingerprint density at radius 3 is 2.69 bits per heavy atom. The van der Waals surface area contributed by atoms with Gasteiger partial charge in [-0.2, -0.15) is 11.3 Å². The molecule has 0 radical (unpaired) electrons. The molecule has 3 nitrogen and oxygen atoms in total. The van der Waals surface area contributed by atoms with E-state index in [2.05, 4.69) is 4.72 Å². The summed E-state index contributed by atoms with van der Waals surface area (Å²) >= 11 is 7.17. The third-order valence-electron chi connectivity index (χ3n) is 1.88. The summed E-state index contributed by atoms with van der Waals surface area (Å²) in [5.41, 5.74) is 0.560. The number of sulfonamides is 1. The van der Waals surface area contributed by atoms with Crippen LogP contribution in [0.25, 0.3) is 0 Å². The molecule has 1 N–H and O–H groups in total. The van der Waals surface area contributed by atoms with Crippen LogP contribution in [0.4, 0.5) is 5.69 Å². The number of benzene rings is 1. The largest absolute Gasteiger partial charge is 0.279 e. The summed E-state index contributed by atoms with van der Waals surface area (Å²) in [6.45, 7) is 0. The maximum atomic E-state index is 11.9. The SMILES string of the molecule is O=S(=O)(Nc1ccsc1)c1cccc(Cl)c1. The standard InChI is InChI=1S/C10H8ClNO2S2/c11-8-2-1-3-10(6-8)16(13,14)12-9-4-5-15-7-9/h1-7,12H. The first kappa shape index (κ1) is 11.4. The number of hydrogen-bond acceptors (Lipinski definition) is 3. The zero-order chi connectivity index (χ0) is 11.6. The van der Waals surface area contributed by atoms with Crippen molar-refractivity contribution < 1.29 is 8.42 Å². The number of thiophene rings is 1. The van der Waals surface area contributed by atoms with Crippen LogP contribution in [0, 0.1) is 0 Å². The molecule has 1 aromatic carbocycles. The lowest BCUT2D eigenvalue weighted by Gasteiger charge is -2.05. The van der Waals surface area contributed by atoms with Crippen LogP contribution in [0.1, 0.15) is 0 Å². The van der Waals surface area contributed by atoms with Gasteiger partial charge in [-0.1, -0.05) is 17.7 Å². The van der Waals surface area contributed by atoms with Crippen molar-refractivity contribution in [2.24, 2.45) is 0 Å². The highest BCUT2D eigenvalue weighted by atomic mass is 35.5. The number of anilines is 1. The number of rotatable bonds is 3. The molecule has 2 aromatic rings. The van der Waals surface area contributed by atoms with Crippen molar-refractivity contribution in [1.82, 2.24) is 0 Å². The van der Waals surface area contributed by atoms with Gasteiger partial charge in [0, 0.05) is 10.4 Å². The van der Waals surface area contributed by atoms with Gasteiger partial charge in [-0.15, -0.1) is 0 Å². The van der Waals surface area contributed by atoms with Gasteiger partial charge in [0.1, 0.15) is 0 Å². The van der Waals surface area contributed by atoms with E-state index in [0.717, 1.165) is 0 Å². The van der Waals surface area contributed by atoms with Gasteiger partial charge in [0.25, 0.3) is 10.0 Å². The predicted octanol–water partition coefficient (Wildman–Crippen LogP) is 3.20. The first-order valence-electron chi connectivity index (χ1n) is 4.38. The second-order valence-electron chi connectivity index (χ2n) is 3.07. The molecule has 0 aliphatic rings. The van der Waals surface area contributed by atoms with Crippen LogP contribution in [0.2, 0.25) is 5.02 Å². The third-order valence-corrected chi connectivity index (χ3v) is 4.18. The van der Waals surface area contributed by atoms with E-state index < -0.39 is 10.0 Å². The molecule has 1 heterocycles. The molecule has 0 spiro atoms. The molecular formula is C10H8ClNO2S2. The molecule has 0 aliphatic heterocycles. The van der Waals surface area contributed by atoms with Crippen molar-refractivity contribution in [2.75, 3.05) is 4.72 Å². The Labute approximate surface area is 103 Å². The molecule has 2 rings (SSSR count). The van der Waals surface area contributed by atoms with E-state index in [0.29, 0.717) is 10.7 Å². The fourth-order valence-electron chi connectivity index (χ4n) is 1.17. The smallest absolute Gasteiger partial charge is 0.261 e. The fraction of sp³-hybridized carbons (Fsp3) is 0. The Morgan fingerprint density at radius 2 is 2.06 bits per heavy atom. The lowest BCUT2D eigenvalue weighted by Crippen LogP contribution is -2.12. The summed E-state index contributed by atoms with van der Waals surface area (Å²) in [5.74, 6) is 0. The van der Waals surface area contributed by atoms with E-state index >= 15 is 0 Å². The van der Waals surface area contributed by atoms with Crippen LogP contribution >= 0.6 is 22.9 Å². The highest BCUT2D eigenvalue weighted by Crippen LogP contribution is 2.20. The maximum Gasteiger partial charge on any atom is 0.261 e. The summed E-state index contributed by atoms with van der Waals surface area (Å²) in [4.78, 5) is 0.159. The number of hydrogen-bond donors (Lipinski definition) is 1. The molecule has 0 bridgehead atoms. The highest BCUT2D eigenvalue weighted by molar-refractivity contribution is 7.92. The molecule has 0 atom stereocenters. The molecule has 84 valence electrons. The maximum absolute atomic E-state index is 11.9. The summed E-state index contributed by atoms with van der Waals surface area (Å²) in [6, 6.07) is 7.85. The van der Waals surface area contributed by atoms with Gasteiger partial charge in [0.15, 0.2) is 0 Å². The zero-order valence-electron chi connectivity index (χ0n) is 8.05. The second kappa shape index (κ2) is 4.45. The van der Waals surface area contributed by atoms with Crippen LogP contribution in [0.15, 0.2) is 46.0 Å². The highest BCUT2D eigenvalue weighted by Gasteiger charge is 2.14. The predicted molar refractivity (Wildman–Crippen MR) is 66.6 cm³/mol. The fourth-order valence-corrected chi connectivity index (χ4v) is 3.18. The van der Waals surface area contributed by atoms with Crippen LogP contribution in [-0.4, -0.2) is 8.42 Å². The molecule has 0 saturated carbocycles. The van der Waals surface area contributed by atoms with E-state index in [1.54, 1.807) is 29.0 Å². The molecule has 0 fully saturated rings. The van der Waals surface area contributed by atoms with Crippen molar-refractivity contribution in [3.05, 3.63) is 46.1 Å². The van der Waals surface area contributed by atoms with Crippen molar-refractivity contribution in [3.63, 3.8) is 0 Å². The van der Waals surface area contributed by atoms with E-state index in [1.165, 1.54) is 23.5 Å². The molecule has 16 heavy (non-hydrogen) atoms. The monoisotopic (exact) mass is 273 g/mol. The molecular weight excluding hydrogens is 266 g/mol. The van der Waals surface area contributed by atoms with Gasteiger partial charge in [0.2, 0.25) is 0 Å². The van der Waals surface area contributed by atoms with Gasteiger partial charge in [-0.25, -0.2) is 8.42 Å². The minimum Gasteiger partial charge on any atom is -0.279 e. The zero-order valence-corrected chi connectivity index (χ0v) is 10.4. The second-order valence-corrected chi connectivity index (χ2v) is 5.97. The minimum absolute atomic E-state index is 0.159. The number of nitrogens with one attached hydrogen (secondary N) is 1. The average molecular weight is 274 g/mol. The van der Waals surface area contributed by atoms with Crippen LogP contribution in [0.5, 0.6) is 0 Å². The molecule has 0 amide bonds. The Kier molecular flexibility index (Phi) is 3.18. The molecule has 0 saturated heterocycles. The summed E-state index contributed by atoms with van der Waals surface area (Å²) < 4.78 is 26.2. The Morgan fingerprint density at radius 1 is 1.25 bits per heavy atom. The first-order valence-corrected chi connectivity index (χ1v) is 7.19. The van der Waals surface area contributed by atoms with E-state index in [9.17, 15) is 8.42 Å². The van der Waals surface area contributed by atoms with Crippen LogP contribution < -0.4 is 4.72 Å².